The Kier molecular flexibility index (Phi) is 3.24. The molecule has 0 saturated heterocycles. The van der Waals surface area contributed by atoms with Crippen LogP contribution in [-0.2, 0) is 7.05 Å². The average Bonchev–Trinajstić information content (AvgIpc) is 2.45. The smallest absolute Gasteiger partial charge is 0.269 e. The highest BCUT2D eigenvalue weighted by Gasteiger charge is 2.13. The van der Waals surface area contributed by atoms with Crippen LogP contribution in [0.1, 0.15) is 23.1 Å². The number of hydrogen-bond acceptors (Lipinski definition) is 3. The minimum atomic E-state index is -0.238. The molecule has 0 bridgehead atoms. The average molecular weight is 197 g/mol. The highest BCUT2D eigenvalue weighted by Crippen LogP contribution is 2.01. The quantitative estimate of drug-likeness (QED) is 0.707. The van der Waals surface area contributed by atoms with E-state index >= 15 is 0 Å². The van der Waals surface area contributed by atoms with E-state index < -0.39 is 0 Å². The first kappa shape index (κ1) is 10.7. The van der Waals surface area contributed by atoms with Crippen LogP contribution < -0.4 is 5.32 Å². The molecule has 5 nitrogen and oxygen atoms in total. The minimum Gasteiger partial charge on any atom is -0.394 e. The predicted molar refractivity (Wildman–Crippen MR) is 52.0 cm³/mol. The van der Waals surface area contributed by atoms with E-state index in [4.69, 9.17) is 5.11 Å². The van der Waals surface area contributed by atoms with Crippen LogP contribution in [-0.4, -0.2) is 33.4 Å². The molecule has 1 atom stereocenters. The standard InChI is InChI=1S/C9H15N3O2/c1-6-4-8(12(3)11-6)9(14)10-7(2)5-13/h4,7,13H,5H2,1-3H3,(H,10,14). The predicted octanol–water partition coefficient (Wildman–Crippen LogP) is -0.161. The van der Waals surface area contributed by atoms with Crippen molar-refractivity contribution in [2.24, 2.45) is 7.05 Å². The molecule has 0 fully saturated rings. The number of nitrogens with zero attached hydrogens (tertiary/aromatic N) is 2. The summed E-state index contributed by atoms with van der Waals surface area (Å²) in [7, 11) is 1.71. The largest absolute Gasteiger partial charge is 0.394 e. The number of rotatable bonds is 3. The van der Waals surface area contributed by atoms with Gasteiger partial charge in [0.25, 0.3) is 5.91 Å². The van der Waals surface area contributed by atoms with E-state index in [9.17, 15) is 4.79 Å². The number of aromatic nitrogens is 2. The molecule has 1 amide bonds. The molecule has 0 saturated carbocycles. The third kappa shape index (κ3) is 2.32. The molecule has 2 N–H and O–H groups in total. The molecule has 78 valence electrons. The zero-order valence-corrected chi connectivity index (χ0v) is 8.61. The summed E-state index contributed by atoms with van der Waals surface area (Å²) in [5, 5.41) is 15.5. The van der Waals surface area contributed by atoms with Crippen molar-refractivity contribution in [3.63, 3.8) is 0 Å². The highest BCUT2D eigenvalue weighted by molar-refractivity contribution is 5.92. The van der Waals surface area contributed by atoms with Crippen LogP contribution in [0.15, 0.2) is 6.07 Å². The second-order valence-electron chi connectivity index (χ2n) is 3.35. The van der Waals surface area contributed by atoms with Crippen molar-refractivity contribution >= 4 is 5.91 Å². The third-order valence-corrected chi connectivity index (χ3v) is 1.89. The van der Waals surface area contributed by atoms with E-state index in [0.717, 1.165) is 5.69 Å². The van der Waals surface area contributed by atoms with Crippen molar-refractivity contribution < 1.29 is 9.90 Å². The monoisotopic (exact) mass is 197 g/mol. The molecule has 0 radical (unpaired) electrons. The second-order valence-corrected chi connectivity index (χ2v) is 3.35. The molecule has 0 aliphatic heterocycles. The summed E-state index contributed by atoms with van der Waals surface area (Å²) in [4.78, 5) is 11.6. The lowest BCUT2D eigenvalue weighted by Crippen LogP contribution is -2.36. The van der Waals surface area contributed by atoms with Gasteiger partial charge < -0.3 is 10.4 Å². The SMILES string of the molecule is Cc1cc(C(=O)NC(C)CO)n(C)n1. The first-order chi connectivity index (χ1) is 6.54. The summed E-state index contributed by atoms with van der Waals surface area (Å²) >= 11 is 0. The molecule has 0 aromatic carbocycles. The number of aliphatic hydroxyl groups is 1. The summed E-state index contributed by atoms with van der Waals surface area (Å²) in [5.41, 5.74) is 1.30. The third-order valence-electron chi connectivity index (χ3n) is 1.89. The normalized spacial score (nSPS) is 12.6. The van der Waals surface area contributed by atoms with Gasteiger partial charge >= 0.3 is 0 Å². The molecule has 1 aromatic rings. The zero-order chi connectivity index (χ0) is 10.7. The Hall–Kier alpha value is -1.36. The van der Waals surface area contributed by atoms with Gasteiger partial charge in [-0.05, 0) is 19.9 Å². The molecule has 5 heteroatoms. The number of carbonyl (C=O) groups is 1. The second kappa shape index (κ2) is 4.23. The molecule has 14 heavy (non-hydrogen) atoms. The zero-order valence-electron chi connectivity index (χ0n) is 8.61. The summed E-state index contributed by atoms with van der Waals surface area (Å²) in [6, 6.07) is 1.47. The number of carbonyl (C=O) groups excluding carboxylic acids is 1. The molecular formula is C9H15N3O2. The van der Waals surface area contributed by atoms with Crippen LogP contribution in [0.4, 0.5) is 0 Å². The van der Waals surface area contributed by atoms with Crippen LogP contribution in [0.2, 0.25) is 0 Å². The van der Waals surface area contributed by atoms with Gasteiger partial charge in [-0.1, -0.05) is 0 Å². The van der Waals surface area contributed by atoms with E-state index in [-0.39, 0.29) is 18.6 Å². The van der Waals surface area contributed by atoms with Gasteiger partial charge in [-0.15, -0.1) is 0 Å². The Morgan fingerprint density at radius 3 is 2.86 bits per heavy atom. The van der Waals surface area contributed by atoms with Crippen LogP contribution >= 0.6 is 0 Å². The molecule has 1 aromatic heterocycles. The maximum Gasteiger partial charge on any atom is 0.269 e. The topological polar surface area (TPSA) is 67.2 Å². The van der Waals surface area contributed by atoms with Crippen molar-refractivity contribution in [3.05, 3.63) is 17.5 Å². The van der Waals surface area contributed by atoms with Gasteiger partial charge in [0.2, 0.25) is 0 Å². The molecule has 1 unspecified atom stereocenters. The Morgan fingerprint density at radius 1 is 1.79 bits per heavy atom. The molecule has 0 aliphatic rings. The van der Waals surface area contributed by atoms with Gasteiger partial charge in [0.05, 0.1) is 12.3 Å². The fraction of sp³-hybridized carbons (Fsp3) is 0.556. The summed E-state index contributed by atoms with van der Waals surface area (Å²) < 4.78 is 1.52. The number of hydrogen-bond donors (Lipinski definition) is 2. The molecular weight excluding hydrogens is 182 g/mol. The number of amides is 1. The van der Waals surface area contributed by atoms with Gasteiger partial charge in [0.1, 0.15) is 5.69 Å². The van der Waals surface area contributed by atoms with Gasteiger partial charge in [-0.3, -0.25) is 9.48 Å². The Bertz CT molecular complexity index is 333. The first-order valence-corrected chi connectivity index (χ1v) is 4.47. The lowest BCUT2D eigenvalue weighted by atomic mass is 10.3. The van der Waals surface area contributed by atoms with Crippen molar-refractivity contribution in [3.8, 4) is 0 Å². The number of aryl methyl sites for hydroxylation is 2. The Labute approximate surface area is 82.7 Å². The number of aliphatic hydroxyl groups excluding tert-OH is 1. The molecule has 0 spiro atoms. The van der Waals surface area contributed by atoms with Gasteiger partial charge in [0, 0.05) is 13.1 Å². The molecule has 0 aliphatic carbocycles. The first-order valence-electron chi connectivity index (χ1n) is 4.47. The van der Waals surface area contributed by atoms with E-state index in [2.05, 4.69) is 10.4 Å². The maximum absolute atomic E-state index is 11.6. The van der Waals surface area contributed by atoms with Crippen LogP contribution in [0, 0.1) is 6.92 Å². The van der Waals surface area contributed by atoms with Gasteiger partial charge in [0.15, 0.2) is 0 Å². The van der Waals surface area contributed by atoms with Crippen molar-refractivity contribution in [1.82, 2.24) is 15.1 Å². The lowest BCUT2D eigenvalue weighted by molar-refractivity contribution is 0.0913. The fourth-order valence-electron chi connectivity index (χ4n) is 1.17. The van der Waals surface area contributed by atoms with Gasteiger partial charge in [-0.2, -0.15) is 5.10 Å². The number of nitrogens with one attached hydrogen (secondary N) is 1. The van der Waals surface area contributed by atoms with E-state index in [1.165, 1.54) is 4.68 Å². The van der Waals surface area contributed by atoms with Gasteiger partial charge in [-0.25, -0.2) is 0 Å². The van der Waals surface area contributed by atoms with E-state index in [1.54, 1.807) is 20.0 Å². The van der Waals surface area contributed by atoms with Crippen molar-refractivity contribution in [2.75, 3.05) is 6.61 Å². The highest BCUT2D eigenvalue weighted by atomic mass is 16.3. The molecule has 1 rings (SSSR count). The molecule has 1 heterocycles. The van der Waals surface area contributed by atoms with E-state index in [1.807, 2.05) is 6.92 Å². The Morgan fingerprint density at radius 2 is 2.43 bits per heavy atom. The van der Waals surface area contributed by atoms with Crippen LogP contribution in [0.3, 0.4) is 0 Å². The maximum atomic E-state index is 11.6. The van der Waals surface area contributed by atoms with Crippen molar-refractivity contribution in [2.45, 2.75) is 19.9 Å². The summed E-state index contributed by atoms with van der Waals surface area (Å²) in [5.74, 6) is -0.213. The Balaban J connectivity index is 2.74. The van der Waals surface area contributed by atoms with Crippen LogP contribution in [0.5, 0.6) is 0 Å². The van der Waals surface area contributed by atoms with Crippen molar-refractivity contribution in [1.29, 1.82) is 0 Å². The fourth-order valence-corrected chi connectivity index (χ4v) is 1.17. The van der Waals surface area contributed by atoms with Crippen LogP contribution in [0.25, 0.3) is 0 Å². The minimum absolute atomic E-state index is 0.0669. The summed E-state index contributed by atoms with van der Waals surface area (Å²) in [6.45, 7) is 3.50. The lowest BCUT2D eigenvalue weighted by Gasteiger charge is -2.10. The summed E-state index contributed by atoms with van der Waals surface area (Å²) in [6.07, 6.45) is 0. The van der Waals surface area contributed by atoms with E-state index in [0.29, 0.717) is 5.69 Å².